The van der Waals surface area contributed by atoms with Crippen LogP contribution in [0.1, 0.15) is 39.8 Å². The highest BCUT2D eigenvalue weighted by atomic mass is 15.3. The van der Waals surface area contributed by atoms with E-state index in [1.165, 1.54) is 6.42 Å². The van der Waals surface area contributed by atoms with E-state index in [9.17, 15) is 0 Å². The lowest BCUT2D eigenvalue weighted by Crippen LogP contribution is -2.26. The van der Waals surface area contributed by atoms with Crippen LogP contribution in [-0.2, 0) is 5.41 Å². The molecule has 0 saturated heterocycles. The van der Waals surface area contributed by atoms with Gasteiger partial charge in [0.2, 0.25) is 0 Å². The van der Waals surface area contributed by atoms with E-state index in [4.69, 9.17) is 0 Å². The molecule has 3 heteroatoms. The maximum absolute atomic E-state index is 4.12. The van der Waals surface area contributed by atoms with Gasteiger partial charge < -0.3 is 0 Å². The summed E-state index contributed by atoms with van der Waals surface area (Å²) in [5.41, 5.74) is 1.18. The van der Waals surface area contributed by atoms with Crippen molar-refractivity contribution in [1.29, 1.82) is 0 Å². The first-order chi connectivity index (χ1) is 5.59. The first kappa shape index (κ1) is 9.23. The average Bonchev–Trinajstić information content (AvgIpc) is 2.55. The minimum atomic E-state index is 0.127. The smallest absolute Gasteiger partial charge is 0.0883 e. The molecule has 0 saturated carbocycles. The minimum Gasteiger partial charge on any atom is -0.198 e. The van der Waals surface area contributed by atoms with Gasteiger partial charge in [0.25, 0.3) is 0 Å². The Morgan fingerprint density at radius 1 is 1.58 bits per heavy atom. The van der Waals surface area contributed by atoms with Crippen molar-refractivity contribution >= 4 is 0 Å². The Kier molecular flexibility index (Phi) is 2.50. The first-order valence-electron chi connectivity index (χ1n) is 4.45. The van der Waals surface area contributed by atoms with Crippen LogP contribution in [0.25, 0.3) is 0 Å². The zero-order valence-electron chi connectivity index (χ0n) is 8.26. The van der Waals surface area contributed by atoms with E-state index in [-0.39, 0.29) is 5.41 Å². The molecule has 1 atom stereocenters. The molecule has 0 aliphatic heterocycles. The number of aromatic nitrogens is 3. The summed E-state index contributed by atoms with van der Waals surface area (Å²) in [5.74, 6) is 0.627. The molecule has 1 rings (SSSR count). The molecule has 12 heavy (non-hydrogen) atoms. The average molecular weight is 167 g/mol. The Morgan fingerprint density at radius 2 is 2.25 bits per heavy atom. The van der Waals surface area contributed by atoms with E-state index >= 15 is 0 Å². The van der Waals surface area contributed by atoms with Crippen molar-refractivity contribution in [3.63, 3.8) is 0 Å². The van der Waals surface area contributed by atoms with Gasteiger partial charge in [-0.2, -0.15) is 15.4 Å². The molecule has 1 aromatic heterocycles. The zero-order valence-corrected chi connectivity index (χ0v) is 8.26. The first-order valence-corrected chi connectivity index (χ1v) is 4.45. The molecule has 1 unspecified atom stereocenters. The molecular weight excluding hydrogens is 150 g/mol. The minimum absolute atomic E-state index is 0.127. The fraction of sp³-hybridized carbons (Fsp3) is 0.778. The van der Waals surface area contributed by atoms with Crippen LogP contribution in [0.15, 0.2) is 6.20 Å². The van der Waals surface area contributed by atoms with E-state index in [1.54, 1.807) is 0 Å². The van der Waals surface area contributed by atoms with E-state index in [1.807, 2.05) is 6.20 Å². The summed E-state index contributed by atoms with van der Waals surface area (Å²) in [6.45, 7) is 8.86. The van der Waals surface area contributed by atoms with Crippen LogP contribution in [0.5, 0.6) is 0 Å². The third-order valence-corrected chi connectivity index (χ3v) is 2.92. The van der Waals surface area contributed by atoms with Crippen molar-refractivity contribution in [2.75, 3.05) is 0 Å². The van der Waals surface area contributed by atoms with Crippen LogP contribution in [0.3, 0.4) is 0 Å². The highest BCUT2D eigenvalue weighted by Crippen LogP contribution is 2.31. The van der Waals surface area contributed by atoms with Crippen molar-refractivity contribution in [2.24, 2.45) is 5.92 Å². The summed E-state index contributed by atoms with van der Waals surface area (Å²) in [7, 11) is 0. The normalized spacial score (nSPS) is 14.7. The fourth-order valence-electron chi connectivity index (χ4n) is 1.27. The van der Waals surface area contributed by atoms with Gasteiger partial charge in [0.1, 0.15) is 0 Å². The van der Waals surface area contributed by atoms with Gasteiger partial charge in [-0.1, -0.05) is 34.1 Å². The molecule has 1 aromatic rings. The SMILES string of the molecule is CCC(C)C(C)(C)c1cn[nH]n1. The van der Waals surface area contributed by atoms with Crippen LogP contribution < -0.4 is 0 Å². The molecule has 0 aliphatic carbocycles. The Labute approximate surface area is 73.6 Å². The van der Waals surface area contributed by atoms with Crippen LogP contribution in [0.2, 0.25) is 0 Å². The van der Waals surface area contributed by atoms with Crippen molar-refractivity contribution in [3.05, 3.63) is 11.9 Å². The molecule has 0 aromatic carbocycles. The monoisotopic (exact) mass is 167 g/mol. The molecular formula is C9H17N3. The lowest BCUT2D eigenvalue weighted by Gasteiger charge is -2.28. The summed E-state index contributed by atoms with van der Waals surface area (Å²) in [6, 6.07) is 0. The summed E-state index contributed by atoms with van der Waals surface area (Å²) in [5, 5.41) is 10.6. The van der Waals surface area contributed by atoms with Gasteiger partial charge in [-0.3, -0.25) is 0 Å². The van der Waals surface area contributed by atoms with Crippen molar-refractivity contribution < 1.29 is 0 Å². The van der Waals surface area contributed by atoms with Gasteiger partial charge in [0.15, 0.2) is 0 Å². The molecule has 0 fully saturated rings. The Bertz CT molecular complexity index is 226. The predicted octanol–water partition coefficient (Wildman–Crippen LogP) is 2.13. The zero-order chi connectivity index (χ0) is 9.19. The van der Waals surface area contributed by atoms with E-state index < -0.39 is 0 Å². The number of H-pyrrole nitrogens is 1. The van der Waals surface area contributed by atoms with E-state index in [0.29, 0.717) is 5.92 Å². The maximum atomic E-state index is 4.12. The number of nitrogens with one attached hydrogen (secondary N) is 1. The number of hydrogen-bond acceptors (Lipinski definition) is 2. The van der Waals surface area contributed by atoms with E-state index in [0.717, 1.165) is 5.69 Å². The van der Waals surface area contributed by atoms with E-state index in [2.05, 4.69) is 43.1 Å². The standard InChI is InChI=1S/C9H17N3/c1-5-7(2)9(3,4)8-6-10-12-11-8/h6-7H,5H2,1-4H3,(H,10,11,12). The highest BCUT2D eigenvalue weighted by Gasteiger charge is 2.28. The summed E-state index contributed by atoms with van der Waals surface area (Å²) in [4.78, 5) is 0. The largest absolute Gasteiger partial charge is 0.198 e. The predicted molar refractivity (Wildman–Crippen MR) is 48.9 cm³/mol. The van der Waals surface area contributed by atoms with Gasteiger partial charge in [0.05, 0.1) is 11.9 Å². The number of aromatic amines is 1. The second-order valence-corrected chi connectivity index (χ2v) is 3.89. The molecule has 1 heterocycles. The van der Waals surface area contributed by atoms with Crippen molar-refractivity contribution in [1.82, 2.24) is 15.4 Å². The Balaban J connectivity index is 2.85. The molecule has 0 bridgehead atoms. The summed E-state index contributed by atoms with van der Waals surface area (Å²) in [6.07, 6.45) is 2.98. The molecule has 0 spiro atoms. The van der Waals surface area contributed by atoms with Gasteiger partial charge >= 0.3 is 0 Å². The fourth-order valence-corrected chi connectivity index (χ4v) is 1.27. The summed E-state index contributed by atoms with van der Waals surface area (Å²) < 4.78 is 0. The van der Waals surface area contributed by atoms with Crippen LogP contribution in [-0.4, -0.2) is 15.4 Å². The van der Waals surface area contributed by atoms with Crippen LogP contribution in [0.4, 0.5) is 0 Å². The number of nitrogens with zero attached hydrogens (tertiary/aromatic N) is 2. The lowest BCUT2D eigenvalue weighted by molar-refractivity contribution is 0.326. The number of rotatable bonds is 3. The second kappa shape index (κ2) is 3.25. The Morgan fingerprint density at radius 3 is 2.67 bits per heavy atom. The topological polar surface area (TPSA) is 41.6 Å². The van der Waals surface area contributed by atoms with Gasteiger partial charge in [0, 0.05) is 5.41 Å². The highest BCUT2D eigenvalue weighted by molar-refractivity contribution is 5.09. The van der Waals surface area contributed by atoms with Crippen LogP contribution >= 0.6 is 0 Å². The quantitative estimate of drug-likeness (QED) is 0.749. The molecule has 0 radical (unpaired) electrons. The molecule has 68 valence electrons. The maximum Gasteiger partial charge on any atom is 0.0883 e. The molecule has 1 N–H and O–H groups in total. The van der Waals surface area contributed by atoms with Gasteiger partial charge in [-0.05, 0) is 5.92 Å². The van der Waals surface area contributed by atoms with Gasteiger partial charge in [-0.15, -0.1) is 0 Å². The molecule has 3 nitrogen and oxygen atoms in total. The van der Waals surface area contributed by atoms with Crippen LogP contribution in [0, 0.1) is 5.92 Å². The van der Waals surface area contributed by atoms with Crippen molar-refractivity contribution in [2.45, 2.75) is 39.5 Å². The number of hydrogen-bond donors (Lipinski definition) is 1. The Hall–Kier alpha value is -0.860. The molecule has 0 amide bonds. The van der Waals surface area contributed by atoms with Gasteiger partial charge in [-0.25, -0.2) is 0 Å². The third kappa shape index (κ3) is 1.49. The second-order valence-electron chi connectivity index (χ2n) is 3.89. The van der Waals surface area contributed by atoms with Crippen molar-refractivity contribution in [3.8, 4) is 0 Å². The molecule has 0 aliphatic rings. The lowest BCUT2D eigenvalue weighted by atomic mass is 9.76. The third-order valence-electron chi connectivity index (χ3n) is 2.92. The summed E-state index contributed by atoms with van der Waals surface area (Å²) >= 11 is 0.